The molecule has 0 aromatic heterocycles. The Kier molecular flexibility index (Phi) is 7.45. The van der Waals surface area contributed by atoms with Gasteiger partial charge in [0.05, 0.1) is 12.7 Å². The van der Waals surface area contributed by atoms with Crippen LogP contribution in [0.2, 0.25) is 0 Å². The Morgan fingerprint density at radius 3 is 2.46 bits per heavy atom. The first-order valence-electron chi connectivity index (χ1n) is 9.35. The lowest BCUT2D eigenvalue weighted by Gasteiger charge is -2.35. The van der Waals surface area contributed by atoms with Crippen molar-refractivity contribution in [1.29, 1.82) is 0 Å². The Hall–Kier alpha value is -2.08. The summed E-state index contributed by atoms with van der Waals surface area (Å²) in [6.07, 6.45) is 2.00. The van der Waals surface area contributed by atoms with E-state index in [2.05, 4.69) is 10.6 Å². The molecule has 0 aliphatic carbocycles. The monoisotopic (exact) mass is 361 g/mol. The first-order valence-corrected chi connectivity index (χ1v) is 9.35. The number of nitrogens with zero attached hydrogens (tertiary/aromatic N) is 1. The third kappa shape index (κ3) is 4.97. The summed E-state index contributed by atoms with van der Waals surface area (Å²) in [7, 11) is 3.49. The number of likely N-dealkylation sites (tertiary alicyclic amines) is 1. The Morgan fingerprint density at radius 2 is 1.88 bits per heavy atom. The molecule has 0 bridgehead atoms. The molecule has 0 radical (unpaired) electrons. The van der Waals surface area contributed by atoms with Crippen molar-refractivity contribution in [3.05, 3.63) is 29.8 Å². The van der Waals surface area contributed by atoms with Gasteiger partial charge in [-0.3, -0.25) is 9.59 Å². The number of para-hydroxylation sites is 1. The second kappa shape index (κ2) is 9.57. The molecule has 1 fully saturated rings. The van der Waals surface area contributed by atoms with E-state index in [-0.39, 0.29) is 17.7 Å². The fourth-order valence-electron chi connectivity index (χ4n) is 3.41. The first-order chi connectivity index (χ1) is 12.5. The molecule has 1 aliphatic heterocycles. The molecule has 1 aliphatic rings. The summed E-state index contributed by atoms with van der Waals surface area (Å²) < 4.78 is 5.26. The van der Waals surface area contributed by atoms with Crippen LogP contribution in [-0.4, -0.2) is 56.5 Å². The van der Waals surface area contributed by atoms with Crippen LogP contribution in [0.5, 0.6) is 5.75 Å². The average Bonchev–Trinajstić information content (AvgIpc) is 2.66. The Morgan fingerprint density at radius 1 is 1.23 bits per heavy atom. The standard InChI is InChI=1S/C20H31N3O3/c1-14(2)18(20(25)23-11-9-15(10-12-23)13-21-3)22-19(24)16-7-5-6-8-17(16)26-4/h5-8,14-15,18,21H,9-13H2,1-4H3,(H,22,24). The lowest BCUT2D eigenvalue weighted by molar-refractivity contribution is -0.135. The molecule has 0 saturated carbocycles. The third-order valence-corrected chi connectivity index (χ3v) is 4.99. The van der Waals surface area contributed by atoms with Crippen LogP contribution in [0.1, 0.15) is 37.0 Å². The van der Waals surface area contributed by atoms with Crippen LogP contribution in [0.3, 0.4) is 0 Å². The van der Waals surface area contributed by atoms with Gasteiger partial charge < -0.3 is 20.3 Å². The van der Waals surface area contributed by atoms with Gasteiger partial charge in [0.25, 0.3) is 5.91 Å². The fraction of sp³-hybridized carbons (Fsp3) is 0.600. The smallest absolute Gasteiger partial charge is 0.255 e. The van der Waals surface area contributed by atoms with Crippen molar-refractivity contribution in [1.82, 2.24) is 15.5 Å². The van der Waals surface area contributed by atoms with E-state index in [1.807, 2.05) is 31.9 Å². The largest absolute Gasteiger partial charge is 0.496 e. The van der Waals surface area contributed by atoms with Gasteiger partial charge in [0, 0.05) is 13.1 Å². The highest BCUT2D eigenvalue weighted by atomic mass is 16.5. The third-order valence-electron chi connectivity index (χ3n) is 4.99. The second-order valence-electron chi connectivity index (χ2n) is 7.22. The minimum atomic E-state index is -0.534. The molecule has 2 N–H and O–H groups in total. The van der Waals surface area contributed by atoms with Gasteiger partial charge in [0.15, 0.2) is 0 Å². The van der Waals surface area contributed by atoms with E-state index in [4.69, 9.17) is 4.74 Å². The lowest BCUT2D eigenvalue weighted by atomic mass is 9.95. The van der Waals surface area contributed by atoms with Crippen LogP contribution >= 0.6 is 0 Å². The van der Waals surface area contributed by atoms with Crippen LogP contribution < -0.4 is 15.4 Å². The maximum atomic E-state index is 13.0. The molecule has 144 valence electrons. The molecule has 1 aromatic rings. The number of amides is 2. The Balaban J connectivity index is 2.04. The first kappa shape index (κ1) is 20.2. The number of methoxy groups -OCH3 is 1. The summed E-state index contributed by atoms with van der Waals surface area (Å²) in [5, 5.41) is 6.12. The molecule has 26 heavy (non-hydrogen) atoms. The van der Waals surface area contributed by atoms with Crippen LogP contribution in [-0.2, 0) is 4.79 Å². The summed E-state index contributed by atoms with van der Waals surface area (Å²) in [6, 6.07) is 6.52. The zero-order chi connectivity index (χ0) is 19.1. The molecule has 2 amide bonds. The van der Waals surface area contributed by atoms with Gasteiger partial charge in [0.1, 0.15) is 11.8 Å². The topological polar surface area (TPSA) is 70.7 Å². The minimum absolute atomic E-state index is 0.00570. The van der Waals surface area contributed by atoms with E-state index in [1.54, 1.807) is 18.2 Å². The fourth-order valence-corrected chi connectivity index (χ4v) is 3.41. The lowest BCUT2D eigenvalue weighted by Crippen LogP contribution is -2.53. The van der Waals surface area contributed by atoms with Gasteiger partial charge in [-0.2, -0.15) is 0 Å². The molecule has 0 spiro atoms. The zero-order valence-corrected chi connectivity index (χ0v) is 16.2. The molecule has 1 unspecified atom stereocenters. The molecular formula is C20H31N3O3. The number of carbonyl (C=O) groups is 2. The highest BCUT2D eigenvalue weighted by Gasteiger charge is 2.31. The van der Waals surface area contributed by atoms with Crippen LogP contribution in [0.4, 0.5) is 0 Å². The summed E-state index contributed by atoms with van der Waals surface area (Å²) in [4.78, 5) is 27.6. The van der Waals surface area contributed by atoms with Gasteiger partial charge >= 0.3 is 0 Å². The number of piperidine rings is 1. The SMILES string of the molecule is CNCC1CCN(C(=O)C(NC(=O)c2ccccc2OC)C(C)C)CC1. The number of benzene rings is 1. The van der Waals surface area contributed by atoms with Crippen molar-refractivity contribution in [2.45, 2.75) is 32.7 Å². The van der Waals surface area contributed by atoms with Crippen LogP contribution in [0, 0.1) is 11.8 Å². The molecule has 1 saturated heterocycles. The number of rotatable bonds is 7. The Labute approximate surface area is 156 Å². The van der Waals surface area contributed by atoms with E-state index < -0.39 is 6.04 Å². The van der Waals surface area contributed by atoms with E-state index in [0.717, 1.165) is 32.5 Å². The van der Waals surface area contributed by atoms with E-state index in [0.29, 0.717) is 17.2 Å². The molecular weight excluding hydrogens is 330 g/mol. The summed E-state index contributed by atoms with van der Waals surface area (Å²) >= 11 is 0. The van der Waals surface area contributed by atoms with E-state index in [9.17, 15) is 9.59 Å². The highest BCUT2D eigenvalue weighted by molar-refractivity contribution is 5.99. The molecule has 6 heteroatoms. The van der Waals surface area contributed by atoms with Crippen LogP contribution in [0.15, 0.2) is 24.3 Å². The van der Waals surface area contributed by atoms with Crippen LogP contribution in [0.25, 0.3) is 0 Å². The Bertz CT molecular complexity index is 610. The number of nitrogens with one attached hydrogen (secondary N) is 2. The number of carbonyl (C=O) groups excluding carboxylic acids is 2. The van der Waals surface area contributed by atoms with E-state index in [1.165, 1.54) is 7.11 Å². The minimum Gasteiger partial charge on any atom is -0.496 e. The molecule has 6 nitrogen and oxygen atoms in total. The predicted octanol–water partition coefficient (Wildman–Crippen LogP) is 1.91. The van der Waals surface area contributed by atoms with Crippen molar-refractivity contribution >= 4 is 11.8 Å². The molecule has 2 rings (SSSR count). The summed E-state index contributed by atoms with van der Waals surface area (Å²) in [5.41, 5.74) is 0.446. The normalized spacial score (nSPS) is 16.4. The van der Waals surface area contributed by atoms with Crippen molar-refractivity contribution in [3.8, 4) is 5.75 Å². The summed E-state index contributed by atoms with van der Waals surface area (Å²) in [6.45, 7) is 6.40. The number of ether oxygens (including phenoxy) is 1. The van der Waals surface area contributed by atoms with Crippen molar-refractivity contribution in [2.75, 3.05) is 33.8 Å². The quantitative estimate of drug-likeness (QED) is 0.778. The van der Waals surface area contributed by atoms with Gasteiger partial charge in [-0.25, -0.2) is 0 Å². The van der Waals surface area contributed by atoms with Gasteiger partial charge in [0.2, 0.25) is 5.91 Å². The van der Waals surface area contributed by atoms with Crippen molar-refractivity contribution < 1.29 is 14.3 Å². The highest BCUT2D eigenvalue weighted by Crippen LogP contribution is 2.20. The van der Waals surface area contributed by atoms with Gasteiger partial charge in [-0.1, -0.05) is 26.0 Å². The van der Waals surface area contributed by atoms with Gasteiger partial charge in [-0.05, 0) is 50.4 Å². The van der Waals surface area contributed by atoms with E-state index >= 15 is 0 Å². The van der Waals surface area contributed by atoms with Crippen molar-refractivity contribution in [2.24, 2.45) is 11.8 Å². The van der Waals surface area contributed by atoms with Gasteiger partial charge in [-0.15, -0.1) is 0 Å². The molecule has 1 aromatic carbocycles. The average molecular weight is 361 g/mol. The molecule has 1 atom stereocenters. The van der Waals surface area contributed by atoms with Crippen molar-refractivity contribution in [3.63, 3.8) is 0 Å². The maximum Gasteiger partial charge on any atom is 0.255 e. The molecule has 1 heterocycles. The number of hydrogen-bond donors (Lipinski definition) is 2. The second-order valence-corrected chi connectivity index (χ2v) is 7.22. The summed E-state index contributed by atoms with van der Waals surface area (Å²) in [5.74, 6) is 0.861. The maximum absolute atomic E-state index is 13.0. The number of hydrogen-bond acceptors (Lipinski definition) is 4. The predicted molar refractivity (Wildman–Crippen MR) is 102 cm³/mol. The zero-order valence-electron chi connectivity index (χ0n) is 16.2.